The Balaban J connectivity index is 1.41. The lowest BCUT2D eigenvalue weighted by molar-refractivity contribution is -0.253. The van der Waals surface area contributed by atoms with E-state index in [-0.39, 0.29) is 12.1 Å². The Hall–Kier alpha value is -0.850. The first-order chi connectivity index (χ1) is 10.1. The number of ether oxygens (including phenoxy) is 3. The van der Waals surface area contributed by atoms with E-state index in [1.165, 1.54) is 0 Å². The highest BCUT2D eigenvalue weighted by atomic mass is 16.7. The molecule has 0 radical (unpaired) electrons. The molecule has 1 aliphatic carbocycles. The van der Waals surface area contributed by atoms with Crippen LogP contribution in [0.15, 0.2) is 0 Å². The Kier molecular flexibility index (Phi) is 3.90. The lowest BCUT2D eigenvalue weighted by atomic mass is 10.2. The molecule has 2 heterocycles. The summed E-state index contributed by atoms with van der Waals surface area (Å²) in [6.45, 7) is 12.5. The molecule has 6 nitrogen and oxygen atoms in total. The molecule has 0 aromatic rings. The minimum atomic E-state index is -0.467. The summed E-state index contributed by atoms with van der Waals surface area (Å²) in [5.74, 6) is 0.621. The van der Waals surface area contributed by atoms with Crippen LogP contribution in [0.4, 0.5) is 4.79 Å². The Morgan fingerprint density at radius 3 is 2.23 bits per heavy atom. The first kappa shape index (κ1) is 16.0. The molecule has 0 bridgehead atoms. The number of hydrogen-bond acceptors (Lipinski definition) is 5. The van der Waals surface area contributed by atoms with Crippen molar-refractivity contribution in [1.82, 2.24) is 10.2 Å². The molecule has 0 spiro atoms. The number of fused-ring (bicyclic) bond motifs is 1. The van der Waals surface area contributed by atoms with Crippen LogP contribution in [0.2, 0.25) is 0 Å². The third kappa shape index (κ3) is 3.55. The highest BCUT2D eigenvalue weighted by Gasteiger charge is 2.57. The number of hydrogen-bond donors (Lipinski definition) is 1. The van der Waals surface area contributed by atoms with E-state index in [1.807, 2.05) is 39.5 Å². The summed E-state index contributed by atoms with van der Waals surface area (Å²) in [6, 6.07) is 0.732. The summed E-state index contributed by atoms with van der Waals surface area (Å²) < 4.78 is 16.8. The van der Waals surface area contributed by atoms with Crippen LogP contribution in [0.5, 0.6) is 0 Å². The van der Waals surface area contributed by atoms with Gasteiger partial charge in [0, 0.05) is 19.1 Å². The van der Waals surface area contributed by atoms with Crippen molar-refractivity contribution in [2.24, 2.45) is 11.8 Å². The minimum absolute atomic E-state index is 0.190. The quantitative estimate of drug-likeness (QED) is 0.839. The zero-order chi connectivity index (χ0) is 16.1. The van der Waals surface area contributed by atoms with E-state index in [4.69, 9.17) is 14.2 Å². The number of amides is 1. The molecule has 126 valence electrons. The molecular weight excluding hydrogens is 284 g/mol. The lowest BCUT2D eigenvalue weighted by Gasteiger charge is -2.35. The number of carbonyl (C=O) groups excluding carboxylic acids is 1. The molecule has 0 aromatic carbocycles. The summed E-state index contributed by atoms with van der Waals surface area (Å²) in [5.41, 5.74) is -0.426. The fourth-order valence-electron chi connectivity index (χ4n) is 3.31. The van der Waals surface area contributed by atoms with Gasteiger partial charge in [0.05, 0.1) is 19.3 Å². The predicted molar refractivity (Wildman–Crippen MR) is 81.5 cm³/mol. The highest BCUT2D eigenvalue weighted by molar-refractivity contribution is 5.69. The number of carbonyl (C=O) groups is 1. The van der Waals surface area contributed by atoms with E-state index in [9.17, 15) is 4.79 Å². The SMILES string of the molecule is CC(C)(C)OC(=O)N1CC2C(C1)C2NC1COC(C)(C)OC1. The van der Waals surface area contributed by atoms with Crippen LogP contribution in [-0.2, 0) is 14.2 Å². The molecule has 3 rings (SSSR count). The molecule has 3 aliphatic rings. The monoisotopic (exact) mass is 312 g/mol. The predicted octanol–water partition coefficient (Wildman–Crippen LogP) is 1.59. The smallest absolute Gasteiger partial charge is 0.410 e. The van der Waals surface area contributed by atoms with Gasteiger partial charge in [0.15, 0.2) is 5.79 Å². The van der Waals surface area contributed by atoms with Gasteiger partial charge >= 0.3 is 6.09 Å². The Labute approximate surface area is 132 Å². The average Bonchev–Trinajstić information content (AvgIpc) is 2.82. The van der Waals surface area contributed by atoms with Gasteiger partial charge in [-0.05, 0) is 46.5 Å². The van der Waals surface area contributed by atoms with Crippen LogP contribution >= 0.6 is 0 Å². The fourth-order valence-corrected chi connectivity index (χ4v) is 3.31. The van der Waals surface area contributed by atoms with Gasteiger partial charge in [0.25, 0.3) is 0 Å². The number of rotatable bonds is 2. The van der Waals surface area contributed by atoms with E-state index in [0.29, 0.717) is 31.1 Å². The summed E-state index contributed by atoms with van der Waals surface area (Å²) >= 11 is 0. The largest absolute Gasteiger partial charge is 0.444 e. The summed E-state index contributed by atoms with van der Waals surface area (Å²) in [4.78, 5) is 13.9. The van der Waals surface area contributed by atoms with Gasteiger partial charge in [0.2, 0.25) is 0 Å². The molecular formula is C16H28N2O4. The highest BCUT2D eigenvalue weighted by Crippen LogP contribution is 2.46. The lowest BCUT2D eigenvalue weighted by Crippen LogP contribution is -2.50. The van der Waals surface area contributed by atoms with Gasteiger partial charge in [-0.3, -0.25) is 0 Å². The average molecular weight is 312 g/mol. The molecule has 2 unspecified atom stereocenters. The first-order valence-electron chi connectivity index (χ1n) is 8.16. The normalized spacial score (nSPS) is 34.4. The van der Waals surface area contributed by atoms with E-state index in [0.717, 1.165) is 13.1 Å². The second-order valence-electron chi connectivity index (χ2n) is 8.12. The van der Waals surface area contributed by atoms with E-state index < -0.39 is 11.4 Å². The molecule has 1 N–H and O–H groups in total. The van der Waals surface area contributed by atoms with Crippen molar-refractivity contribution in [3.63, 3.8) is 0 Å². The van der Waals surface area contributed by atoms with Crippen molar-refractivity contribution in [2.75, 3.05) is 26.3 Å². The van der Waals surface area contributed by atoms with Crippen molar-refractivity contribution in [2.45, 2.75) is 58.1 Å². The summed E-state index contributed by atoms with van der Waals surface area (Å²) in [7, 11) is 0. The molecule has 6 heteroatoms. The van der Waals surface area contributed by atoms with Crippen LogP contribution in [0, 0.1) is 11.8 Å². The van der Waals surface area contributed by atoms with Crippen molar-refractivity contribution < 1.29 is 19.0 Å². The number of likely N-dealkylation sites (tertiary alicyclic amines) is 1. The van der Waals surface area contributed by atoms with Crippen LogP contribution in [0.3, 0.4) is 0 Å². The molecule has 2 aliphatic heterocycles. The third-order valence-electron chi connectivity index (χ3n) is 4.54. The fraction of sp³-hybridized carbons (Fsp3) is 0.938. The minimum Gasteiger partial charge on any atom is -0.444 e. The Bertz CT molecular complexity index is 424. The van der Waals surface area contributed by atoms with Crippen LogP contribution in [-0.4, -0.2) is 60.8 Å². The van der Waals surface area contributed by atoms with E-state index >= 15 is 0 Å². The van der Waals surface area contributed by atoms with Gasteiger partial charge in [0.1, 0.15) is 5.60 Å². The number of nitrogens with zero attached hydrogens (tertiary/aromatic N) is 1. The molecule has 22 heavy (non-hydrogen) atoms. The maximum absolute atomic E-state index is 12.0. The zero-order valence-corrected chi connectivity index (χ0v) is 14.2. The van der Waals surface area contributed by atoms with Crippen LogP contribution in [0.25, 0.3) is 0 Å². The molecule has 1 saturated carbocycles. The van der Waals surface area contributed by atoms with Gasteiger partial charge in [-0.25, -0.2) is 4.79 Å². The summed E-state index contributed by atoms with van der Waals surface area (Å²) in [6.07, 6.45) is -0.190. The van der Waals surface area contributed by atoms with Crippen molar-refractivity contribution in [3.05, 3.63) is 0 Å². The molecule has 0 aromatic heterocycles. The molecule has 2 atom stereocenters. The number of nitrogens with one attached hydrogen (secondary N) is 1. The van der Waals surface area contributed by atoms with Gasteiger partial charge in [-0.1, -0.05) is 0 Å². The van der Waals surface area contributed by atoms with Crippen molar-refractivity contribution >= 4 is 6.09 Å². The van der Waals surface area contributed by atoms with Gasteiger partial charge in [-0.15, -0.1) is 0 Å². The molecule has 2 saturated heterocycles. The summed E-state index contributed by atoms with van der Waals surface area (Å²) in [5, 5.41) is 3.61. The molecule has 1 amide bonds. The van der Waals surface area contributed by atoms with Gasteiger partial charge in [-0.2, -0.15) is 0 Å². The Morgan fingerprint density at radius 2 is 1.73 bits per heavy atom. The second-order valence-corrected chi connectivity index (χ2v) is 8.12. The maximum atomic E-state index is 12.0. The van der Waals surface area contributed by atoms with Crippen molar-refractivity contribution in [3.8, 4) is 0 Å². The van der Waals surface area contributed by atoms with E-state index in [2.05, 4.69) is 5.32 Å². The van der Waals surface area contributed by atoms with Crippen LogP contribution < -0.4 is 5.32 Å². The van der Waals surface area contributed by atoms with Crippen molar-refractivity contribution in [1.29, 1.82) is 0 Å². The third-order valence-corrected chi connectivity index (χ3v) is 4.54. The van der Waals surface area contributed by atoms with Gasteiger partial charge < -0.3 is 24.4 Å². The standard InChI is InChI=1S/C16H28N2O4/c1-15(2,3)22-14(19)18-6-11-12(7-18)13(11)17-10-8-20-16(4,5)21-9-10/h10-13,17H,6-9H2,1-5H3. The number of piperidine rings is 1. The Morgan fingerprint density at radius 1 is 1.18 bits per heavy atom. The second kappa shape index (κ2) is 5.35. The van der Waals surface area contributed by atoms with E-state index in [1.54, 1.807) is 0 Å². The van der Waals surface area contributed by atoms with Crippen LogP contribution in [0.1, 0.15) is 34.6 Å². The zero-order valence-electron chi connectivity index (χ0n) is 14.2. The topological polar surface area (TPSA) is 60.0 Å². The first-order valence-corrected chi connectivity index (χ1v) is 8.16. The maximum Gasteiger partial charge on any atom is 0.410 e. The molecule has 3 fully saturated rings.